The lowest BCUT2D eigenvalue weighted by molar-refractivity contribution is -0.154. The van der Waals surface area contributed by atoms with Crippen LogP contribution in [0, 0.1) is 11.3 Å². The maximum Gasteiger partial charge on any atom is 0.328 e. The quantitative estimate of drug-likeness (QED) is 0.792. The average molecular weight is 286 g/mol. The van der Waals surface area contributed by atoms with Gasteiger partial charge >= 0.3 is 5.97 Å². The van der Waals surface area contributed by atoms with Gasteiger partial charge in [0.1, 0.15) is 6.04 Å². The first-order chi connectivity index (χ1) is 10.2. The molecule has 21 heavy (non-hydrogen) atoms. The van der Waals surface area contributed by atoms with Gasteiger partial charge in [0.05, 0.1) is 25.2 Å². The van der Waals surface area contributed by atoms with E-state index in [1.165, 1.54) is 7.11 Å². The van der Waals surface area contributed by atoms with Crippen molar-refractivity contribution < 1.29 is 14.3 Å². The number of esters is 1. The largest absolute Gasteiger partial charge is 0.467 e. The summed E-state index contributed by atoms with van der Waals surface area (Å²) in [6, 6.07) is 8.51. The molecule has 1 aromatic rings. The molecule has 5 heteroatoms. The molecule has 0 aromatic heterocycles. The average Bonchev–Trinajstić information content (AvgIpc) is 2.54. The van der Waals surface area contributed by atoms with Crippen LogP contribution < -0.4 is 0 Å². The van der Waals surface area contributed by atoms with Crippen LogP contribution in [-0.4, -0.2) is 36.5 Å². The third-order valence-electron chi connectivity index (χ3n) is 3.73. The molecular weight excluding hydrogens is 268 g/mol. The molecule has 5 nitrogen and oxygen atoms in total. The van der Waals surface area contributed by atoms with Crippen molar-refractivity contribution >= 4 is 11.9 Å². The van der Waals surface area contributed by atoms with Crippen molar-refractivity contribution in [1.29, 1.82) is 5.26 Å². The Balaban J connectivity index is 2.06. The van der Waals surface area contributed by atoms with E-state index in [2.05, 4.69) is 0 Å². The van der Waals surface area contributed by atoms with E-state index in [-0.39, 0.29) is 18.3 Å². The van der Waals surface area contributed by atoms with Crippen LogP contribution in [0.3, 0.4) is 0 Å². The van der Waals surface area contributed by atoms with Gasteiger partial charge in [-0.15, -0.1) is 0 Å². The van der Waals surface area contributed by atoms with Gasteiger partial charge in [0.25, 0.3) is 0 Å². The molecule has 1 unspecified atom stereocenters. The Morgan fingerprint density at radius 3 is 2.67 bits per heavy atom. The zero-order valence-corrected chi connectivity index (χ0v) is 12.0. The van der Waals surface area contributed by atoms with Crippen LogP contribution in [0.15, 0.2) is 24.3 Å². The lowest BCUT2D eigenvalue weighted by Gasteiger charge is -2.33. The molecule has 1 aliphatic rings. The predicted molar refractivity (Wildman–Crippen MR) is 76.2 cm³/mol. The van der Waals surface area contributed by atoms with Gasteiger partial charge in [0.15, 0.2) is 0 Å². The summed E-state index contributed by atoms with van der Waals surface area (Å²) in [6.07, 6.45) is 2.73. The van der Waals surface area contributed by atoms with Crippen LogP contribution in [0.1, 0.15) is 30.4 Å². The third-order valence-corrected chi connectivity index (χ3v) is 3.73. The molecule has 1 aliphatic heterocycles. The fourth-order valence-electron chi connectivity index (χ4n) is 2.58. The molecule has 0 radical (unpaired) electrons. The molecule has 1 saturated heterocycles. The summed E-state index contributed by atoms with van der Waals surface area (Å²) < 4.78 is 4.78. The van der Waals surface area contributed by atoms with Crippen LogP contribution >= 0.6 is 0 Å². The van der Waals surface area contributed by atoms with Crippen molar-refractivity contribution in [3.8, 4) is 6.07 Å². The van der Waals surface area contributed by atoms with Gasteiger partial charge in [-0.2, -0.15) is 5.26 Å². The van der Waals surface area contributed by atoms with E-state index in [1.807, 2.05) is 6.07 Å². The Labute approximate surface area is 124 Å². The zero-order valence-electron chi connectivity index (χ0n) is 12.0. The van der Waals surface area contributed by atoms with Gasteiger partial charge in [-0.3, -0.25) is 4.79 Å². The highest BCUT2D eigenvalue weighted by molar-refractivity contribution is 5.86. The van der Waals surface area contributed by atoms with Crippen LogP contribution in [0.4, 0.5) is 0 Å². The fraction of sp³-hybridized carbons (Fsp3) is 0.438. The third kappa shape index (κ3) is 3.60. The van der Waals surface area contributed by atoms with Gasteiger partial charge < -0.3 is 9.64 Å². The van der Waals surface area contributed by atoms with Crippen LogP contribution in [0.25, 0.3) is 0 Å². The summed E-state index contributed by atoms with van der Waals surface area (Å²) in [5, 5.41) is 8.76. The molecule has 0 spiro atoms. The lowest BCUT2D eigenvalue weighted by Crippen LogP contribution is -2.49. The molecule has 0 bridgehead atoms. The van der Waals surface area contributed by atoms with Crippen molar-refractivity contribution in [2.75, 3.05) is 13.7 Å². The maximum absolute atomic E-state index is 12.4. The van der Waals surface area contributed by atoms with E-state index < -0.39 is 6.04 Å². The SMILES string of the molecule is COC(=O)C1CCCCN1C(=O)Cc1ccc(C#N)cc1. The van der Waals surface area contributed by atoms with Crippen molar-refractivity contribution in [3.63, 3.8) is 0 Å². The Hall–Kier alpha value is -2.35. The summed E-state index contributed by atoms with van der Waals surface area (Å²) in [6.45, 7) is 0.592. The summed E-state index contributed by atoms with van der Waals surface area (Å²) in [5.41, 5.74) is 1.41. The van der Waals surface area contributed by atoms with Crippen LogP contribution in [0.5, 0.6) is 0 Å². The molecule has 0 N–H and O–H groups in total. The molecule has 1 amide bonds. The molecule has 110 valence electrons. The summed E-state index contributed by atoms with van der Waals surface area (Å²) in [5.74, 6) is -0.419. The number of hydrogen-bond acceptors (Lipinski definition) is 4. The highest BCUT2D eigenvalue weighted by Gasteiger charge is 2.32. The molecule has 1 aromatic carbocycles. The molecule has 1 heterocycles. The Bertz CT molecular complexity index is 560. The number of carbonyl (C=O) groups is 2. The van der Waals surface area contributed by atoms with Gasteiger partial charge in [-0.05, 0) is 37.0 Å². The number of piperidine rings is 1. The second-order valence-electron chi connectivity index (χ2n) is 5.11. The van der Waals surface area contributed by atoms with Crippen molar-refractivity contribution in [2.24, 2.45) is 0 Å². The minimum Gasteiger partial charge on any atom is -0.467 e. The summed E-state index contributed by atoms with van der Waals surface area (Å²) >= 11 is 0. The normalized spacial score (nSPS) is 17.9. The lowest BCUT2D eigenvalue weighted by atomic mass is 10.0. The number of rotatable bonds is 3. The Kier molecular flexibility index (Phi) is 4.94. The number of nitriles is 1. The second-order valence-corrected chi connectivity index (χ2v) is 5.11. The Morgan fingerprint density at radius 2 is 2.05 bits per heavy atom. The number of amides is 1. The molecule has 1 atom stereocenters. The molecular formula is C16H18N2O3. The highest BCUT2D eigenvalue weighted by atomic mass is 16.5. The van der Waals surface area contributed by atoms with E-state index >= 15 is 0 Å². The number of carbonyl (C=O) groups excluding carboxylic acids is 2. The van der Waals surface area contributed by atoms with Crippen LogP contribution in [-0.2, 0) is 20.7 Å². The minimum atomic E-state index is -0.463. The smallest absolute Gasteiger partial charge is 0.328 e. The molecule has 1 fully saturated rings. The summed E-state index contributed by atoms with van der Waals surface area (Å²) in [7, 11) is 1.35. The van der Waals surface area contributed by atoms with Crippen molar-refractivity contribution in [1.82, 2.24) is 4.90 Å². The van der Waals surface area contributed by atoms with E-state index in [0.717, 1.165) is 18.4 Å². The van der Waals surface area contributed by atoms with E-state index in [4.69, 9.17) is 10.00 Å². The van der Waals surface area contributed by atoms with Crippen LogP contribution in [0.2, 0.25) is 0 Å². The molecule has 2 rings (SSSR count). The second kappa shape index (κ2) is 6.89. The topological polar surface area (TPSA) is 70.4 Å². The van der Waals surface area contributed by atoms with E-state index in [9.17, 15) is 9.59 Å². The number of methoxy groups -OCH3 is 1. The number of likely N-dealkylation sites (tertiary alicyclic amines) is 1. The fourth-order valence-corrected chi connectivity index (χ4v) is 2.58. The van der Waals surface area contributed by atoms with Gasteiger partial charge in [-0.25, -0.2) is 4.79 Å². The minimum absolute atomic E-state index is 0.0743. The summed E-state index contributed by atoms with van der Waals surface area (Å²) in [4.78, 5) is 25.8. The Morgan fingerprint density at radius 1 is 1.33 bits per heavy atom. The maximum atomic E-state index is 12.4. The van der Waals surface area contributed by atoms with Crippen molar-refractivity contribution in [3.05, 3.63) is 35.4 Å². The van der Waals surface area contributed by atoms with E-state index in [0.29, 0.717) is 18.5 Å². The number of ether oxygens (including phenoxy) is 1. The van der Waals surface area contributed by atoms with Gasteiger partial charge in [-0.1, -0.05) is 12.1 Å². The van der Waals surface area contributed by atoms with Gasteiger partial charge in [0.2, 0.25) is 5.91 Å². The predicted octanol–water partition coefficient (Wildman–Crippen LogP) is 1.65. The zero-order chi connectivity index (χ0) is 15.2. The standard InChI is InChI=1S/C16H18N2O3/c1-21-16(20)14-4-2-3-9-18(14)15(19)10-12-5-7-13(11-17)8-6-12/h5-8,14H,2-4,9-10H2,1H3. The molecule has 0 aliphatic carbocycles. The first-order valence-corrected chi connectivity index (χ1v) is 7.02. The monoisotopic (exact) mass is 286 g/mol. The molecule has 0 saturated carbocycles. The number of hydrogen-bond donors (Lipinski definition) is 0. The first kappa shape index (κ1) is 15.0. The van der Waals surface area contributed by atoms with E-state index in [1.54, 1.807) is 29.2 Å². The number of benzene rings is 1. The number of nitrogens with zero attached hydrogens (tertiary/aromatic N) is 2. The first-order valence-electron chi connectivity index (χ1n) is 7.02. The van der Waals surface area contributed by atoms with Crippen molar-refractivity contribution in [2.45, 2.75) is 31.7 Å². The highest BCUT2D eigenvalue weighted by Crippen LogP contribution is 2.19. The van der Waals surface area contributed by atoms with Gasteiger partial charge in [0, 0.05) is 6.54 Å².